The number of nitrogen functional groups attached to an aromatic ring is 1. The Bertz CT molecular complexity index is 1520. The van der Waals surface area contributed by atoms with Gasteiger partial charge in [-0.25, -0.2) is 13.2 Å². The fourth-order valence-corrected chi connectivity index (χ4v) is 5.59. The minimum Gasteiger partial charge on any atom is -0.443 e. The second-order valence-electron chi connectivity index (χ2n) is 9.32. The average molecular weight is 556 g/mol. The number of rotatable bonds is 11. The number of aliphatic hydroxyl groups excluding tert-OH is 1. The highest BCUT2D eigenvalue weighted by molar-refractivity contribution is 7.89. The van der Waals surface area contributed by atoms with Gasteiger partial charge in [0.15, 0.2) is 6.29 Å². The Morgan fingerprint density at radius 2 is 1.92 bits per heavy atom. The molecule has 0 aromatic heterocycles. The molecule has 0 aliphatic carbocycles. The molecule has 2 aliphatic rings. The van der Waals surface area contributed by atoms with Crippen LogP contribution >= 0.6 is 0 Å². The van der Waals surface area contributed by atoms with Gasteiger partial charge in [-0.15, -0.1) is 0 Å². The van der Waals surface area contributed by atoms with Crippen LogP contribution in [-0.4, -0.2) is 74.6 Å². The van der Waals surface area contributed by atoms with Gasteiger partial charge in [0.05, 0.1) is 42.9 Å². The molecule has 0 spiro atoms. The molecular weight excluding hydrogens is 510 g/mol. The van der Waals surface area contributed by atoms with E-state index in [0.29, 0.717) is 11.3 Å². The average Bonchev–Trinajstić information content (AvgIpc) is 3.18. The van der Waals surface area contributed by atoms with Crippen molar-refractivity contribution in [3.05, 3.63) is 60.2 Å². The normalized spacial score (nSPS) is 33.8. The van der Waals surface area contributed by atoms with Crippen LogP contribution in [0.2, 0.25) is 0 Å². The molecule has 2 aromatic rings. The van der Waals surface area contributed by atoms with Gasteiger partial charge in [0.25, 0.3) is 0 Å². The predicted octanol–water partition coefficient (Wildman–Crippen LogP) is 2.38. The zero-order chi connectivity index (χ0) is 34.5. The number of nitrogens with zero attached hydrogens (tertiary/aromatic N) is 1. The maximum Gasteiger partial charge on any atom is 0.407 e. The summed E-state index contributed by atoms with van der Waals surface area (Å²) in [4.78, 5) is 13.3. The third-order valence-corrected chi connectivity index (χ3v) is 7.67. The summed E-state index contributed by atoms with van der Waals surface area (Å²) in [5.41, 5.74) is 6.65. The fourth-order valence-electron chi connectivity index (χ4n) is 3.97. The van der Waals surface area contributed by atoms with Gasteiger partial charge in [0, 0.05) is 22.9 Å². The van der Waals surface area contributed by atoms with E-state index in [2.05, 4.69) is 5.32 Å². The number of fused-ring (bicyclic) bond motifs is 1. The zero-order valence-corrected chi connectivity index (χ0v) is 21.8. The fraction of sp³-hybridized carbons (Fsp3) is 0.519. The SMILES string of the molecule is [2H]C1([2H])O[C@@H]2OC([2H])([2H])[C@]([2H])(OC(=O)N[C@@H](Cc3ccccc3)[C@H](O)CN(CC(C)C)S(=O)(=O)c3ccc(N)cc3)[C@]2([2H])C1([2H])[2H]. The first-order valence-corrected chi connectivity index (χ1v) is 13.5. The van der Waals surface area contributed by atoms with E-state index in [0.717, 1.165) is 4.31 Å². The summed E-state index contributed by atoms with van der Waals surface area (Å²) in [6.07, 6.45) is -12.4. The van der Waals surface area contributed by atoms with E-state index < -0.39 is 72.6 Å². The van der Waals surface area contributed by atoms with Gasteiger partial charge < -0.3 is 30.4 Å². The lowest BCUT2D eigenvalue weighted by molar-refractivity contribution is -0.0907. The van der Waals surface area contributed by atoms with E-state index in [-0.39, 0.29) is 23.8 Å². The summed E-state index contributed by atoms with van der Waals surface area (Å²) < 4.78 is 109. The van der Waals surface area contributed by atoms with Gasteiger partial charge in [-0.3, -0.25) is 0 Å². The molecule has 5 atom stereocenters. The Hall–Kier alpha value is -2.70. The molecule has 2 aliphatic heterocycles. The molecule has 38 heavy (non-hydrogen) atoms. The first-order valence-electron chi connectivity index (χ1n) is 16.0. The third kappa shape index (κ3) is 7.03. The first kappa shape index (κ1) is 19.4. The number of anilines is 1. The van der Waals surface area contributed by atoms with Crippen LogP contribution in [0.25, 0.3) is 0 Å². The van der Waals surface area contributed by atoms with Crippen molar-refractivity contribution in [2.45, 2.75) is 56.1 Å². The van der Waals surface area contributed by atoms with Crippen molar-refractivity contribution in [1.29, 1.82) is 0 Å². The van der Waals surface area contributed by atoms with Crippen LogP contribution in [0.1, 0.15) is 36.7 Å². The minimum absolute atomic E-state index is 0.0144. The number of amides is 1. The molecule has 10 nitrogen and oxygen atoms in total. The highest BCUT2D eigenvalue weighted by Crippen LogP contribution is 2.33. The molecule has 2 saturated heterocycles. The number of sulfonamides is 1. The summed E-state index contributed by atoms with van der Waals surface area (Å²) >= 11 is 0. The molecule has 0 unspecified atom stereocenters. The Morgan fingerprint density at radius 3 is 2.61 bits per heavy atom. The van der Waals surface area contributed by atoms with E-state index >= 15 is 0 Å². The molecule has 1 amide bonds. The Labute approximate surface area is 235 Å². The summed E-state index contributed by atoms with van der Waals surface area (Å²) in [6, 6.07) is 12.6. The molecule has 11 heteroatoms. The topological polar surface area (TPSA) is 140 Å². The molecule has 2 aromatic carbocycles. The van der Waals surface area contributed by atoms with Crippen LogP contribution < -0.4 is 11.1 Å². The number of hydrogen-bond acceptors (Lipinski definition) is 8. The van der Waals surface area contributed by atoms with Crippen molar-refractivity contribution < 1.29 is 43.5 Å². The van der Waals surface area contributed by atoms with E-state index in [1.165, 1.54) is 24.3 Å². The third-order valence-electron chi connectivity index (χ3n) is 5.83. The molecular formula is C27H37N3O7S. The lowest BCUT2D eigenvalue weighted by Gasteiger charge is -2.31. The van der Waals surface area contributed by atoms with Crippen molar-refractivity contribution in [1.82, 2.24) is 9.62 Å². The molecule has 4 N–H and O–H groups in total. The lowest BCUT2D eigenvalue weighted by Crippen LogP contribution is -2.51. The second-order valence-corrected chi connectivity index (χ2v) is 11.3. The number of nitrogens with one attached hydrogen (secondary N) is 1. The van der Waals surface area contributed by atoms with E-state index in [1.54, 1.807) is 44.2 Å². The second kappa shape index (κ2) is 12.4. The van der Waals surface area contributed by atoms with Crippen LogP contribution in [0.4, 0.5) is 10.5 Å². The molecule has 0 bridgehead atoms. The van der Waals surface area contributed by atoms with Gasteiger partial charge in [0.1, 0.15) is 6.08 Å². The van der Waals surface area contributed by atoms with E-state index in [4.69, 9.17) is 30.9 Å². The monoisotopic (exact) mass is 555 g/mol. The zero-order valence-electron chi connectivity index (χ0n) is 29.0. The lowest BCUT2D eigenvalue weighted by atomic mass is 10.0. The number of benzene rings is 2. The first-order chi connectivity index (χ1) is 21.1. The highest BCUT2D eigenvalue weighted by atomic mass is 32.2. The molecule has 4 rings (SSSR count). The van der Waals surface area contributed by atoms with E-state index in [9.17, 15) is 18.3 Å². The summed E-state index contributed by atoms with van der Waals surface area (Å²) in [7, 11) is -4.17. The van der Waals surface area contributed by atoms with Gasteiger partial charge in [-0.2, -0.15) is 4.31 Å². The van der Waals surface area contributed by atoms with Crippen molar-refractivity contribution in [3.8, 4) is 0 Å². The highest BCUT2D eigenvalue weighted by Gasteiger charge is 2.44. The standard InChI is InChI=1S/C27H37N3O7S/c1-18(2)15-30(38(33,34)21-10-8-20(28)9-11-21)16-24(31)23(14-19-6-4-3-5-7-19)29-27(32)37-25-17-36-26-22(25)12-13-35-26/h3-11,18,22-26,31H,12-17,28H2,1-2H3,(H,29,32)/t22-,23-,24+,25-,26+/m0/s1/i12D2,13D2,17D2,22D,25D. The van der Waals surface area contributed by atoms with Crippen molar-refractivity contribution in [2.75, 3.05) is 31.9 Å². The van der Waals surface area contributed by atoms with Crippen LogP contribution in [0.5, 0.6) is 0 Å². The Balaban J connectivity index is 1.64. The van der Waals surface area contributed by atoms with Gasteiger partial charge in [-0.05, 0) is 48.5 Å². The van der Waals surface area contributed by atoms with Crippen molar-refractivity contribution in [3.63, 3.8) is 0 Å². The Kier molecular flexibility index (Phi) is 6.34. The summed E-state index contributed by atoms with van der Waals surface area (Å²) in [5, 5.41) is 13.8. The number of carbonyl (C=O) groups excluding carboxylic acids is 1. The molecule has 2 heterocycles. The quantitative estimate of drug-likeness (QED) is 0.359. The van der Waals surface area contributed by atoms with Crippen LogP contribution in [0.15, 0.2) is 59.5 Å². The van der Waals surface area contributed by atoms with E-state index in [1.807, 2.05) is 0 Å². The van der Waals surface area contributed by atoms with Crippen LogP contribution in [-0.2, 0) is 30.7 Å². The summed E-state index contributed by atoms with van der Waals surface area (Å²) in [5.74, 6) is -3.42. The number of carbonyl (C=O) groups is 1. The van der Waals surface area contributed by atoms with Crippen LogP contribution in [0.3, 0.4) is 0 Å². The largest absolute Gasteiger partial charge is 0.443 e. The number of aliphatic hydroxyl groups is 1. The summed E-state index contributed by atoms with van der Waals surface area (Å²) in [6.45, 7) is -3.52. The predicted molar refractivity (Wildman–Crippen MR) is 142 cm³/mol. The number of hydrogen-bond donors (Lipinski definition) is 3. The van der Waals surface area contributed by atoms with Gasteiger partial charge in [0.2, 0.25) is 10.0 Å². The number of alkyl carbamates (subject to hydrolysis) is 1. The van der Waals surface area contributed by atoms with Crippen molar-refractivity contribution in [2.24, 2.45) is 11.8 Å². The van der Waals surface area contributed by atoms with Crippen molar-refractivity contribution >= 4 is 21.8 Å². The molecule has 0 radical (unpaired) electrons. The molecule has 208 valence electrons. The minimum atomic E-state index is -4.17. The maximum atomic E-state index is 13.6. The van der Waals surface area contributed by atoms with Gasteiger partial charge >= 0.3 is 6.09 Å². The number of nitrogens with two attached hydrogens (primary N) is 1. The van der Waals surface area contributed by atoms with Crippen LogP contribution in [0, 0.1) is 11.8 Å². The molecule has 2 fully saturated rings. The van der Waals surface area contributed by atoms with Gasteiger partial charge in [-0.1, -0.05) is 44.2 Å². The smallest absolute Gasteiger partial charge is 0.407 e. The number of ether oxygens (including phenoxy) is 3. The maximum absolute atomic E-state index is 13.6. The Morgan fingerprint density at radius 1 is 1.21 bits per heavy atom. The molecule has 0 saturated carbocycles.